The van der Waals surface area contributed by atoms with Gasteiger partial charge in [0.2, 0.25) is 0 Å². The molecule has 0 aliphatic heterocycles. The number of benzene rings is 1. The number of pyridine rings is 1. The summed E-state index contributed by atoms with van der Waals surface area (Å²) in [4.78, 5) is 16.7. The van der Waals surface area contributed by atoms with Gasteiger partial charge < -0.3 is 10.1 Å². The molecule has 0 fully saturated rings. The molecule has 0 radical (unpaired) electrons. The van der Waals surface area contributed by atoms with E-state index in [4.69, 9.17) is 4.74 Å². The number of nitrogens with zero attached hydrogens (tertiary/aromatic N) is 3. The standard InChI is InChI=1S/C19H22N4O2/c1-12(2)25-16-7-5-14(6-8-16)10-21-19(24)15-9-17-13(3)22-23(4)18(17)20-11-15/h5-9,11-12H,10H2,1-4H3,(H,21,24). The Morgan fingerprint density at radius 2 is 2.00 bits per heavy atom. The van der Waals surface area contributed by atoms with E-state index in [1.54, 1.807) is 10.9 Å². The van der Waals surface area contributed by atoms with Crippen LogP contribution in [-0.4, -0.2) is 26.8 Å². The topological polar surface area (TPSA) is 69.0 Å². The molecule has 1 aromatic carbocycles. The van der Waals surface area contributed by atoms with Crippen molar-refractivity contribution in [3.63, 3.8) is 0 Å². The van der Waals surface area contributed by atoms with Crippen LogP contribution in [0.1, 0.15) is 35.5 Å². The zero-order chi connectivity index (χ0) is 18.0. The van der Waals surface area contributed by atoms with Crippen LogP contribution in [0.2, 0.25) is 0 Å². The average Bonchev–Trinajstić information content (AvgIpc) is 2.87. The van der Waals surface area contributed by atoms with E-state index in [1.807, 2.05) is 58.2 Å². The molecule has 0 aliphatic carbocycles. The quantitative estimate of drug-likeness (QED) is 0.776. The third-order valence-electron chi connectivity index (χ3n) is 3.87. The Balaban J connectivity index is 1.67. The van der Waals surface area contributed by atoms with Crippen LogP contribution < -0.4 is 10.1 Å². The summed E-state index contributed by atoms with van der Waals surface area (Å²) in [6.07, 6.45) is 1.72. The van der Waals surface area contributed by atoms with Gasteiger partial charge in [0.05, 0.1) is 17.4 Å². The lowest BCUT2D eigenvalue weighted by atomic mass is 10.2. The zero-order valence-electron chi connectivity index (χ0n) is 14.9. The number of rotatable bonds is 5. The van der Waals surface area contributed by atoms with E-state index in [9.17, 15) is 4.79 Å². The van der Waals surface area contributed by atoms with E-state index >= 15 is 0 Å². The number of aryl methyl sites for hydroxylation is 2. The van der Waals surface area contributed by atoms with Crippen molar-refractivity contribution in [2.75, 3.05) is 0 Å². The number of nitrogens with one attached hydrogen (secondary N) is 1. The van der Waals surface area contributed by atoms with Crippen LogP contribution in [0.4, 0.5) is 0 Å². The maximum absolute atomic E-state index is 12.4. The van der Waals surface area contributed by atoms with Crippen LogP contribution in [0.15, 0.2) is 36.5 Å². The molecule has 6 heteroatoms. The predicted molar refractivity (Wildman–Crippen MR) is 96.6 cm³/mol. The maximum atomic E-state index is 12.4. The number of amides is 1. The summed E-state index contributed by atoms with van der Waals surface area (Å²) in [6, 6.07) is 9.55. The zero-order valence-corrected chi connectivity index (χ0v) is 14.9. The lowest BCUT2D eigenvalue weighted by molar-refractivity contribution is 0.0950. The van der Waals surface area contributed by atoms with Gasteiger partial charge in [0.25, 0.3) is 5.91 Å². The van der Waals surface area contributed by atoms with Crippen molar-refractivity contribution in [1.82, 2.24) is 20.1 Å². The van der Waals surface area contributed by atoms with Crippen LogP contribution >= 0.6 is 0 Å². The Kier molecular flexibility index (Phi) is 4.70. The van der Waals surface area contributed by atoms with Gasteiger partial charge in [-0.15, -0.1) is 0 Å². The van der Waals surface area contributed by atoms with Gasteiger partial charge in [0.1, 0.15) is 5.75 Å². The molecule has 2 heterocycles. The average molecular weight is 338 g/mol. The fourth-order valence-corrected chi connectivity index (χ4v) is 2.67. The largest absolute Gasteiger partial charge is 0.491 e. The van der Waals surface area contributed by atoms with E-state index in [2.05, 4.69) is 15.4 Å². The monoisotopic (exact) mass is 338 g/mol. The highest BCUT2D eigenvalue weighted by atomic mass is 16.5. The summed E-state index contributed by atoms with van der Waals surface area (Å²) in [7, 11) is 1.84. The summed E-state index contributed by atoms with van der Waals surface area (Å²) in [5.74, 6) is 0.673. The highest BCUT2D eigenvalue weighted by Gasteiger charge is 2.11. The number of carbonyl (C=O) groups excluding carboxylic acids is 1. The first-order chi connectivity index (χ1) is 11.9. The van der Waals surface area contributed by atoms with Crippen molar-refractivity contribution in [3.05, 3.63) is 53.3 Å². The molecule has 0 bridgehead atoms. The van der Waals surface area contributed by atoms with Crippen LogP contribution in [0.5, 0.6) is 5.75 Å². The molecule has 3 rings (SSSR count). The van der Waals surface area contributed by atoms with E-state index in [0.717, 1.165) is 28.0 Å². The van der Waals surface area contributed by atoms with Crippen molar-refractivity contribution in [2.45, 2.75) is 33.4 Å². The number of ether oxygens (including phenoxy) is 1. The van der Waals surface area contributed by atoms with Crippen molar-refractivity contribution in [1.29, 1.82) is 0 Å². The lowest BCUT2D eigenvalue weighted by Crippen LogP contribution is -2.22. The fraction of sp³-hybridized carbons (Fsp3) is 0.316. The van der Waals surface area contributed by atoms with E-state index in [-0.39, 0.29) is 12.0 Å². The molecule has 6 nitrogen and oxygen atoms in total. The second-order valence-electron chi connectivity index (χ2n) is 6.30. The lowest BCUT2D eigenvalue weighted by Gasteiger charge is -2.10. The van der Waals surface area contributed by atoms with Gasteiger partial charge in [-0.1, -0.05) is 12.1 Å². The Morgan fingerprint density at radius 1 is 1.28 bits per heavy atom. The van der Waals surface area contributed by atoms with E-state index in [1.165, 1.54) is 0 Å². The Morgan fingerprint density at radius 3 is 2.68 bits per heavy atom. The summed E-state index contributed by atoms with van der Waals surface area (Å²) in [5.41, 5.74) is 3.18. The normalized spacial score (nSPS) is 11.1. The van der Waals surface area contributed by atoms with Gasteiger partial charge in [-0.2, -0.15) is 5.10 Å². The Labute approximate surface area is 146 Å². The van der Waals surface area contributed by atoms with Crippen LogP contribution in [-0.2, 0) is 13.6 Å². The first-order valence-electron chi connectivity index (χ1n) is 8.27. The summed E-state index contributed by atoms with van der Waals surface area (Å²) in [6.45, 7) is 6.34. The summed E-state index contributed by atoms with van der Waals surface area (Å²) < 4.78 is 7.33. The van der Waals surface area contributed by atoms with Crippen LogP contribution in [0, 0.1) is 6.92 Å². The highest BCUT2D eigenvalue weighted by Crippen LogP contribution is 2.17. The van der Waals surface area contributed by atoms with Gasteiger partial charge in [-0.3, -0.25) is 9.48 Å². The molecule has 3 aromatic rings. The number of fused-ring (bicyclic) bond motifs is 1. The third kappa shape index (κ3) is 3.79. The molecule has 25 heavy (non-hydrogen) atoms. The second-order valence-corrected chi connectivity index (χ2v) is 6.30. The Bertz CT molecular complexity index is 898. The fourth-order valence-electron chi connectivity index (χ4n) is 2.67. The van der Waals surface area contributed by atoms with Gasteiger partial charge in [0, 0.05) is 25.2 Å². The smallest absolute Gasteiger partial charge is 0.253 e. The molecule has 0 saturated carbocycles. The first kappa shape index (κ1) is 17.0. The predicted octanol–water partition coefficient (Wildman–Crippen LogP) is 2.99. The molecule has 1 amide bonds. The van der Waals surface area contributed by atoms with Crippen molar-refractivity contribution in [2.24, 2.45) is 7.05 Å². The molecular weight excluding hydrogens is 316 g/mol. The van der Waals surface area contributed by atoms with Crippen molar-refractivity contribution < 1.29 is 9.53 Å². The summed E-state index contributed by atoms with van der Waals surface area (Å²) >= 11 is 0. The van der Waals surface area contributed by atoms with E-state index < -0.39 is 0 Å². The minimum absolute atomic E-state index is 0.143. The first-order valence-corrected chi connectivity index (χ1v) is 8.27. The van der Waals surface area contributed by atoms with Gasteiger partial charge in [0.15, 0.2) is 5.65 Å². The van der Waals surface area contributed by atoms with E-state index in [0.29, 0.717) is 12.1 Å². The molecular formula is C19H22N4O2. The molecule has 130 valence electrons. The molecule has 0 spiro atoms. The maximum Gasteiger partial charge on any atom is 0.253 e. The van der Waals surface area contributed by atoms with Gasteiger partial charge in [-0.05, 0) is 44.5 Å². The van der Waals surface area contributed by atoms with Gasteiger partial charge in [-0.25, -0.2) is 4.98 Å². The van der Waals surface area contributed by atoms with Crippen LogP contribution in [0.25, 0.3) is 11.0 Å². The highest BCUT2D eigenvalue weighted by molar-refractivity contribution is 5.97. The number of aromatic nitrogens is 3. The molecule has 0 aliphatic rings. The van der Waals surface area contributed by atoms with Crippen molar-refractivity contribution >= 4 is 16.9 Å². The SMILES string of the molecule is Cc1nn(C)c2ncc(C(=O)NCc3ccc(OC(C)C)cc3)cc12. The number of carbonyl (C=O) groups is 1. The summed E-state index contributed by atoms with van der Waals surface area (Å²) in [5, 5.41) is 8.14. The number of hydrogen-bond donors (Lipinski definition) is 1. The second kappa shape index (κ2) is 6.93. The van der Waals surface area contributed by atoms with Crippen molar-refractivity contribution in [3.8, 4) is 5.75 Å². The minimum Gasteiger partial charge on any atom is -0.491 e. The van der Waals surface area contributed by atoms with Crippen LogP contribution in [0.3, 0.4) is 0 Å². The molecule has 0 atom stereocenters. The molecule has 1 N–H and O–H groups in total. The molecule has 0 saturated heterocycles. The molecule has 0 unspecified atom stereocenters. The number of hydrogen-bond acceptors (Lipinski definition) is 4. The van der Waals surface area contributed by atoms with Gasteiger partial charge >= 0.3 is 0 Å². The third-order valence-corrected chi connectivity index (χ3v) is 3.87. The molecule has 2 aromatic heterocycles. The Hall–Kier alpha value is -2.89. The minimum atomic E-state index is -0.153.